The normalized spacial score (nSPS) is 19.4. The summed E-state index contributed by atoms with van der Waals surface area (Å²) in [7, 11) is 0. The van der Waals surface area contributed by atoms with Gasteiger partial charge in [0.2, 0.25) is 5.91 Å². The molecule has 0 bridgehead atoms. The van der Waals surface area contributed by atoms with Crippen LogP contribution in [0.15, 0.2) is 0 Å². The molecule has 1 fully saturated rings. The van der Waals surface area contributed by atoms with Crippen LogP contribution in [0.4, 0.5) is 0 Å². The molecule has 0 heterocycles. The third-order valence-electron chi connectivity index (χ3n) is 2.77. The van der Waals surface area contributed by atoms with Crippen molar-refractivity contribution in [1.82, 2.24) is 4.90 Å². The smallest absolute Gasteiger partial charge is 0.235 e. The Morgan fingerprint density at radius 1 is 1.57 bits per heavy atom. The summed E-state index contributed by atoms with van der Waals surface area (Å²) in [4.78, 5) is 12.8. The summed E-state index contributed by atoms with van der Waals surface area (Å²) >= 11 is 0. The third kappa shape index (κ3) is 2.94. The van der Waals surface area contributed by atoms with Crippen molar-refractivity contribution in [1.29, 1.82) is 0 Å². The highest BCUT2D eigenvalue weighted by Crippen LogP contribution is 2.24. The molecule has 0 radical (unpaired) electrons. The first-order valence-electron chi connectivity index (χ1n) is 5.05. The zero-order chi connectivity index (χ0) is 10.6. The molecule has 1 amide bonds. The van der Waals surface area contributed by atoms with Crippen LogP contribution < -0.4 is 11.5 Å². The van der Waals surface area contributed by atoms with Crippen LogP contribution in [0.2, 0.25) is 0 Å². The molecule has 14 heavy (non-hydrogen) atoms. The van der Waals surface area contributed by atoms with Gasteiger partial charge in [0.1, 0.15) is 0 Å². The molecule has 0 spiro atoms. The van der Waals surface area contributed by atoms with Gasteiger partial charge >= 0.3 is 0 Å². The van der Waals surface area contributed by atoms with E-state index in [2.05, 4.69) is 4.90 Å². The molecular weight excluding hydrogens is 182 g/mol. The molecule has 82 valence electrons. The van der Waals surface area contributed by atoms with E-state index in [9.17, 15) is 4.79 Å². The average molecular weight is 201 g/mol. The average Bonchev–Trinajstić information content (AvgIpc) is 2.01. The zero-order valence-corrected chi connectivity index (χ0v) is 8.35. The van der Waals surface area contributed by atoms with Gasteiger partial charge in [0.25, 0.3) is 0 Å². The highest BCUT2D eigenvalue weighted by molar-refractivity contribution is 5.79. The van der Waals surface area contributed by atoms with Crippen LogP contribution in [0, 0.1) is 0 Å². The van der Waals surface area contributed by atoms with Crippen LogP contribution in [0.1, 0.15) is 19.3 Å². The second-order valence-electron chi connectivity index (χ2n) is 3.81. The van der Waals surface area contributed by atoms with E-state index < -0.39 is 11.9 Å². The molecule has 5 N–H and O–H groups in total. The summed E-state index contributed by atoms with van der Waals surface area (Å²) in [5.41, 5.74) is 10.7. The number of aliphatic hydroxyl groups is 1. The molecule has 1 rings (SSSR count). The van der Waals surface area contributed by atoms with E-state index in [1.807, 2.05) is 0 Å². The molecule has 5 heteroatoms. The number of rotatable bonds is 6. The monoisotopic (exact) mass is 201 g/mol. The Kier molecular flexibility index (Phi) is 4.31. The van der Waals surface area contributed by atoms with Crippen molar-refractivity contribution in [3.8, 4) is 0 Å². The third-order valence-corrected chi connectivity index (χ3v) is 2.77. The van der Waals surface area contributed by atoms with Gasteiger partial charge in [0.05, 0.1) is 12.6 Å². The maximum atomic E-state index is 10.8. The highest BCUT2D eigenvalue weighted by atomic mass is 16.3. The van der Waals surface area contributed by atoms with Crippen molar-refractivity contribution >= 4 is 5.91 Å². The van der Waals surface area contributed by atoms with Gasteiger partial charge in [-0.1, -0.05) is 6.42 Å². The fourth-order valence-electron chi connectivity index (χ4n) is 1.65. The lowest BCUT2D eigenvalue weighted by Gasteiger charge is -2.38. The van der Waals surface area contributed by atoms with Crippen molar-refractivity contribution < 1.29 is 9.90 Å². The van der Waals surface area contributed by atoms with E-state index in [4.69, 9.17) is 16.6 Å². The number of carbonyl (C=O) groups excluding carboxylic acids is 1. The largest absolute Gasteiger partial charge is 0.395 e. The van der Waals surface area contributed by atoms with Gasteiger partial charge in [-0.25, -0.2) is 0 Å². The van der Waals surface area contributed by atoms with Crippen molar-refractivity contribution in [3.63, 3.8) is 0 Å². The van der Waals surface area contributed by atoms with Gasteiger partial charge in [-0.05, 0) is 12.8 Å². The summed E-state index contributed by atoms with van der Waals surface area (Å²) in [6.07, 6.45) is 3.48. The predicted molar refractivity (Wildman–Crippen MR) is 53.5 cm³/mol. The molecule has 1 aliphatic carbocycles. The van der Waals surface area contributed by atoms with Gasteiger partial charge in [0, 0.05) is 19.1 Å². The zero-order valence-electron chi connectivity index (χ0n) is 8.35. The van der Waals surface area contributed by atoms with Gasteiger partial charge in [-0.15, -0.1) is 0 Å². The number of carbonyl (C=O) groups is 1. The minimum Gasteiger partial charge on any atom is -0.395 e. The molecule has 0 saturated heterocycles. The van der Waals surface area contributed by atoms with Crippen molar-refractivity contribution in [2.75, 3.05) is 19.7 Å². The lowest BCUT2D eigenvalue weighted by molar-refractivity contribution is -0.120. The van der Waals surface area contributed by atoms with Crippen LogP contribution in [0.3, 0.4) is 0 Å². The number of aliphatic hydroxyl groups excluding tert-OH is 1. The molecule has 1 aliphatic rings. The van der Waals surface area contributed by atoms with Gasteiger partial charge < -0.3 is 16.6 Å². The van der Waals surface area contributed by atoms with Crippen LogP contribution >= 0.6 is 0 Å². The van der Waals surface area contributed by atoms with E-state index in [0.717, 1.165) is 12.8 Å². The second kappa shape index (κ2) is 5.29. The Labute approximate surface area is 84.0 Å². The molecule has 5 nitrogen and oxygen atoms in total. The Morgan fingerprint density at radius 3 is 2.57 bits per heavy atom. The summed E-state index contributed by atoms with van der Waals surface area (Å²) in [6.45, 7) is 1.13. The molecule has 0 aromatic heterocycles. The summed E-state index contributed by atoms with van der Waals surface area (Å²) < 4.78 is 0. The first-order chi connectivity index (χ1) is 6.65. The Morgan fingerprint density at radius 2 is 2.21 bits per heavy atom. The first kappa shape index (κ1) is 11.4. The molecule has 0 aromatic rings. The Hall–Kier alpha value is -0.650. The number of hydrogen-bond acceptors (Lipinski definition) is 4. The van der Waals surface area contributed by atoms with E-state index in [1.54, 1.807) is 0 Å². The topological polar surface area (TPSA) is 92.6 Å². The highest BCUT2D eigenvalue weighted by Gasteiger charge is 2.26. The first-order valence-corrected chi connectivity index (χ1v) is 5.05. The second-order valence-corrected chi connectivity index (χ2v) is 3.81. The van der Waals surface area contributed by atoms with Crippen LogP contribution in [-0.4, -0.2) is 47.7 Å². The molecule has 1 saturated carbocycles. The van der Waals surface area contributed by atoms with Gasteiger partial charge in [-0.3, -0.25) is 9.69 Å². The lowest BCUT2D eigenvalue weighted by Crippen LogP contribution is -2.51. The minimum absolute atomic E-state index is 0.0992. The van der Waals surface area contributed by atoms with Gasteiger partial charge in [0.15, 0.2) is 0 Å². The number of amides is 1. The van der Waals surface area contributed by atoms with Crippen molar-refractivity contribution in [3.05, 3.63) is 0 Å². The fourth-order valence-corrected chi connectivity index (χ4v) is 1.65. The standard InChI is InChI=1S/C9H19N3O2/c10-8(9(11)14)6-12(4-5-13)7-2-1-3-7/h7-8,13H,1-6,10H2,(H2,11,14). The van der Waals surface area contributed by atoms with Crippen LogP contribution in [0.5, 0.6) is 0 Å². The number of nitrogens with two attached hydrogens (primary N) is 2. The Bertz CT molecular complexity index is 194. The number of primary amides is 1. The van der Waals surface area contributed by atoms with Crippen LogP contribution in [-0.2, 0) is 4.79 Å². The number of hydrogen-bond donors (Lipinski definition) is 3. The molecule has 0 aliphatic heterocycles. The number of nitrogens with zero attached hydrogens (tertiary/aromatic N) is 1. The van der Waals surface area contributed by atoms with E-state index >= 15 is 0 Å². The minimum atomic E-state index is -0.623. The fraction of sp³-hybridized carbons (Fsp3) is 0.889. The predicted octanol–water partition coefficient (Wildman–Crippen LogP) is -1.35. The molecule has 1 unspecified atom stereocenters. The lowest BCUT2D eigenvalue weighted by atomic mass is 9.91. The summed E-state index contributed by atoms with van der Waals surface area (Å²) in [5, 5.41) is 8.86. The van der Waals surface area contributed by atoms with E-state index in [0.29, 0.717) is 19.1 Å². The Balaban J connectivity index is 2.37. The quantitative estimate of drug-likeness (QED) is 0.495. The van der Waals surface area contributed by atoms with Crippen LogP contribution in [0.25, 0.3) is 0 Å². The maximum absolute atomic E-state index is 10.8. The maximum Gasteiger partial charge on any atom is 0.235 e. The summed E-state index contributed by atoms with van der Waals surface area (Å²) in [5.74, 6) is -0.479. The summed E-state index contributed by atoms with van der Waals surface area (Å²) in [6, 6.07) is -0.144. The molecular formula is C9H19N3O2. The molecule has 0 aromatic carbocycles. The SMILES string of the molecule is NC(=O)C(N)CN(CCO)C1CCC1. The van der Waals surface area contributed by atoms with Crippen molar-refractivity contribution in [2.45, 2.75) is 31.3 Å². The van der Waals surface area contributed by atoms with E-state index in [1.165, 1.54) is 6.42 Å². The van der Waals surface area contributed by atoms with Crippen molar-refractivity contribution in [2.24, 2.45) is 11.5 Å². The van der Waals surface area contributed by atoms with Gasteiger partial charge in [-0.2, -0.15) is 0 Å². The van der Waals surface area contributed by atoms with E-state index in [-0.39, 0.29) is 6.61 Å². The molecule has 1 atom stereocenters.